The third kappa shape index (κ3) is 3.85. The predicted octanol–water partition coefficient (Wildman–Crippen LogP) is 3.44. The van der Waals surface area contributed by atoms with Gasteiger partial charge in [0.15, 0.2) is 0 Å². The van der Waals surface area contributed by atoms with Crippen molar-refractivity contribution in [3.05, 3.63) is 45.7 Å². The summed E-state index contributed by atoms with van der Waals surface area (Å²) < 4.78 is 0. The minimum absolute atomic E-state index is 0.305. The molecule has 0 amide bonds. The average molecular weight is 275 g/mol. The van der Waals surface area contributed by atoms with E-state index in [1.165, 1.54) is 10.6 Å². The van der Waals surface area contributed by atoms with Crippen molar-refractivity contribution in [1.29, 1.82) is 0 Å². The maximum atomic E-state index is 4.57. The summed E-state index contributed by atoms with van der Waals surface area (Å²) in [6, 6.07) is 4.48. The van der Waals surface area contributed by atoms with Crippen molar-refractivity contribution in [1.82, 2.24) is 15.3 Å². The Labute approximate surface area is 119 Å². The first-order chi connectivity index (χ1) is 9.20. The van der Waals surface area contributed by atoms with Gasteiger partial charge in [0.05, 0.1) is 5.01 Å². The molecular weight excluding hydrogens is 254 g/mol. The molecule has 0 aromatic carbocycles. The second-order valence-corrected chi connectivity index (χ2v) is 5.71. The summed E-state index contributed by atoms with van der Waals surface area (Å²) in [6.07, 6.45) is 3.92. The first-order valence-corrected chi connectivity index (χ1v) is 7.64. The fourth-order valence-corrected chi connectivity index (χ4v) is 2.97. The van der Waals surface area contributed by atoms with E-state index < -0.39 is 0 Å². The molecule has 0 fully saturated rings. The molecule has 2 aromatic rings. The maximum Gasteiger partial charge on any atom is 0.0947 e. The third-order valence-electron chi connectivity index (χ3n) is 3.11. The number of rotatable bonds is 6. The number of aromatic nitrogens is 2. The van der Waals surface area contributed by atoms with E-state index in [2.05, 4.69) is 40.6 Å². The Kier molecular flexibility index (Phi) is 5.05. The zero-order valence-corrected chi connectivity index (χ0v) is 12.6. The number of nitrogens with one attached hydrogen (secondary N) is 1. The van der Waals surface area contributed by atoms with Crippen LogP contribution in [0.25, 0.3) is 0 Å². The van der Waals surface area contributed by atoms with Crippen LogP contribution in [0.2, 0.25) is 0 Å². The van der Waals surface area contributed by atoms with Crippen LogP contribution in [-0.2, 0) is 6.42 Å². The lowest BCUT2D eigenvalue weighted by Gasteiger charge is -2.19. The fraction of sp³-hybridized carbons (Fsp3) is 0.467. The van der Waals surface area contributed by atoms with Gasteiger partial charge >= 0.3 is 0 Å². The van der Waals surface area contributed by atoms with Crippen LogP contribution in [0.1, 0.15) is 41.3 Å². The topological polar surface area (TPSA) is 37.8 Å². The fourth-order valence-electron chi connectivity index (χ4n) is 2.15. The average Bonchev–Trinajstić information content (AvgIpc) is 2.81. The van der Waals surface area contributed by atoms with Gasteiger partial charge in [0.1, 0.15) is 0 Å². The van der Waals surface area contributed by atoms with Crippen LogP contribution in [0.15, 0.2) is 23.7 Å². The molecule has 1 atom stereocenters. The largest absolute Gasteiger partial charge is 0.310 e. The molecule has 0 aliphatic rings. The van der Waals surface area contributed by atoms with Gasteiger partial charge in [0.2, 0.25) is 0 Å². The molecular formula is C15H21N3S. The highest BCUT2D eigenvalue weighted by Crippen LogP contribution is 2.22. The summed E-state index contributed by atoms with van der Waals surface area (Å²) in [5.41, 5.74) is 3.49. The summed E-state index contributed by atoms with van der Waals surface area (Å²) in [7, 11) is 0. The standard InChI is InChI=1S/C15H21N3S/c1-4-7-17-14(9-15-18-11(2)10-19-15)13-6-5-8-16-12(13)3/h5-6,8,10,14,17H,4,7,9H2,1-3H3. The molecule has 1 N–H and O–H groups in total. The van der Waals surface area contributed by atoms with Crippen LogP contribution in [-0.4, -0.2) is 16.5 Å². The molecule has 0 radical (unpaired) electrons. The summed E-state index contributed by atoms with van der Waals surface area (Å²) in [6.45, 7) is 7.32. The summed E-state index contributed by atoms with van der Waals surface area (Å²) >= 11 is 1.74. The Morgan fingerprint density at radius 1 is 1.37 bits per heavy atom. The number of hydrogen-bond donors (Lipinski definition) is 1. The Balaban J connectivity index is 2.18. The number of thiazole rings is 1. The molecule has 0 aliphatic carbocycles. The Morgan fingerprint density at radius 3 is 2.84 bits per heavy atom. The van der Waals surface area contributed by atoms with E-state index in [1.807, 2.05) is 19.2 Å². The monoisotopic (exact) mass is 275 g/mol. The van der Waals surface area contributed by atoms with E-state index in [1.54, 1.807) is 11.3 Å². The minimum Gasteiger partial charge on any atom is -0.310 e. The van der Waals surface area contributed by atoms with Gasteiger partial charge in [-0.15, -0.1) is 11.3 Å². The van der Waals surface area contributed by atoms with E-state index in [0.717, 1.165) is 30.8 Å². The molecule has 102 valence electrons. The number of nitrogens with zero attached hydrogens (tertiary/aromatic N) is 2. The normalized spacial score (nSPS) is 12.6. The molecule has 2 heterocycles. The number of hydrogen-bond acceptors (Lipinski definition) is 4. The molecule has 3 nitrogen and oxygen atoms in total. The molecule has 2 rings (SSSR count). The van der Waals surface area contributed by atoms with Crippen LogP contribution in [0.3, 0.4) is 0 Å². The van der Waals surface area contributed by atoms with Crippen LogP contribution in [0.5, 0.6) is 0 Å². The molecule has 0 aliphatic heterocycles. The van der Waals surface area contributed by atoms with Gasteiger partial charge in [-0.1, -0.05) is 13.0 Å². The van der Waals surface area contributed by atoms with Gasteiger partial charge in [-0.3, -0.25) is 4.98 Å². The van der Waals surface area contributed by atoms with Crippen molar-refractivity contribution in [3.8, 4) is 0 Å². The molecule has 0 bridgehead atoms. The smallest absolute Gasteiger partial charge is 0.0947 e. The Hall–Kier alpha value is -1.26. The van der Waals surface area contributed by atoms with Gasteiger partial charge in [-0.2, -0.15) is 0 Å². The van der Waals surface area contributed by atoms with Gasteiger partial charge in [-0.25, -0.2) is 4.98 Å². The van der Waals surface area contributed by atoms with Crippen molar-refractivity contribution in [2.75, 3.05) is 6.54 Å². The van der Waals surface area contributed by atoms with Gasteiger partial charge in [-0.05, 0) is 38.4 Å². The number of aryl methyl sites for hydroxylation is 2. The van der Waals surface area contributed by atoms with Gasteiger partial charge < -0.3 is 5.32 Å². The van der Waals surface area contributed by atoms with Crippen molar-refractivity contribution < 1.29 is 0 Å². The zero-order valence-electron chi connectivity index (χ0n) is 11.8. The predicted molar refractivity (Wildman–Crippen MR) is 80.6 cm³/mol. The van der Waals surface area contributed by atoms with Gasteiger partial charge in [0.25, 0.3) is 0 Å². The zero-order chi connectivity index (χ0) is 13.7. The molecule has 0 spiro atoms. The second-order valence-electron chi connectivity index (χ2n) is 4.77. The lowest BCUT2D eigenvalue weighted by Crippen LogP contribution is -2.25. The molecule has 4 heteroatoms. The van der Waals surface area contributed by atoms with E-state index in [9.17, 15) is 0 Å². The first kappa shape index (κ1) is 14.2. The van der Waals surface area contributed by atoms with Crippen molar-refractivity contribution in [3.63, 3.8) is 0 Å². The summed E-state index contributed by atoms with van der Waals surface area (Å²) in [5, 5.41) is 6.91. The minimum atomic E-state index is 0.305. The second kappa shape index (κ2) is 6.78. The molecule has 0 saturated heterocycles. The van der Waals surface area contributed by atoms with Crippen molar-refractivity contribution in [2.45, 2.75) is 39.7 Å². The highest BCUT2D eigenvalue weighted by Gasteiger charge is 2.15. The Morgan fingerprint density at radius 2 is 2.21 bits per heavy atom. The molecule has 19 heavy (non-hydrogen) atoms. The Bertz CT molecular complexity index is 522. The van der Waals surface area contributed by atoms with E-state index in [-0.39, 0.29) is 0 Å². The van der Waals surface area contributed by atoms with E-state index >= 15 is 0 Å². The SMILES string of the molecule is CCCNC(Cc1nc(C)cs1)c1cccnc1C. The highest BCUT2D eigenvalue weighted by atomic mass is 32.1. The lowest BCUT2D eigenvalue weighted by atomic mass is 10.0. The van der Waals surface area contributed by atoms with Crippen molar-refractivity contribution in [2.24, 2.45) is 0 Å². The maximum absolute atomic E-state index is 4.57. The quantitative estimate of drug-likeness (QED) is 0.877. The summed E-state index contributed by atoms with van der Waals surface area (Å²) in [5.74, 6) is 0. The molecule has 2 aromatic heterocycles. The highest BCUT2D eigenvalue weighted by molar-refractivity contribution is 7.09. The van der Waals surface area contributed by atoms with Crippen molar-refractivity contribution >= 4 is 11.3 Å². The van der Waals surface area contributed by atoms with Crippen LogP contribution in [0.4, 0.5) is 0 Å². The van der Waals surface area contributed by atoms with Crippen LogP contribution >= 0.6 is 11.3 Å². The first-order valence-electron chi connectivity index (χ1n) is 6.76. The summed E-state index contributed by atoms with van der Waals surface area (Å²) in [4.78, 5) is 8.97. The number of pyridine rings is 1. The van der Waals surface area contributed by atoms with Crippen LogP contribution in [0, 0.1) is 13.8 Å². The van der Waals surface area contributed by atoms with E-state index in [4.69, 9.17) is 0 Å². The van der Waals surface area contributed by atoms with E-state index in [0.29, 0.717) is 6.04 Å². The molecule has 1 unspecified atom stereocenters. The van der Waals surface area contributed by atoms with Crippen LogP contribution < -0.4 is 5.32 Å². The molecule has 0 saturated carbocycles. The lowest BCUT2D eigenvalue weighted by molar-refractivity contribution is 0.524. The third-order valence-corrected chi connectivity index (χ3v) is 4.10. The van der Waals surface area contributed by atoms with Gasteiger partial charge in [0, 0.05) is 35.4 Å².